The second-order valence-electron chi connectivity index (χ2n) is 5.12. The Kier molecular flexibility index (Phi) is 5.26. The maximum absolute atomic E-state index is 12.2. The summed E-state index contributed by atoms with van der Waals surface area (Å²) in [5.74, 6) is 0.626. The van der Waals surface area contributed by atoms with E-state index in [-0.39, 0.29) is 17.9 Å². The first-order valence-electron chi connectivity index (χ1n) is 6.66. The highest BCUT2D eigenvalue weighted by Gasteiger charge is 2.34. The molecule has 16 heavy (non-hydrogen) atoms. The van der Waals surface area contributed by atoms with Crippen LogP contribution in [0.5, 0.6) is 0 Å². The van der Waals surface area contributed by atoms with Crippen LogP contribution in [0, 0.1) is 11.8 Å². The van der Waals surface area contributed by atoms with Gasteiger partial charge in [-0.25, -0.2) is 0 Å². The van der Waals surface area contributed by atoms with E-state index in [0.717, 1.165) is 32.1 Å². The van der Waals surface area contributed by atoms with Crippen LogP contribution in [0.1, 0.15) is 52.9 Å². The standard InChI is InChI=1S/C13H26N2O/c1-4-10(5-2)15-13(16)12-9(3)7-6-8-11(12)14/h9-12H,4-8,14H2,1-3H3,(H,15,16). The van der Waals surface area contributed by atoms with Crippen molar-refractivity contribution in [2.75, 3.05) is 0 Å². The molecule has 3 atom stereocenters. The molecule has 1 aliphatic rings. The van der Waals surface area contributed by atoms with Crippen LogP contribution in [0.15, 0.2) is 0 Å². The van der Waals surface area contributed by atoms with Gasteiger partial charge in [0.1, 0.15) is 0 Å². The largest absolute Gasteiger partial charge is 0.353 e. The third kappa shape index (κ3) is 3.21. The predicted octanol–water partition coefficient (Wildman–Crippen LogP) is 2.05. The summed E-state index contributed by atoms with van der Waals surface area (Å²) in [6, 6.07) is 0.368. The quantitative estimate of drug-likeness (QED) is 0.771. The van der Waals surface area contributed by atoms with Gasteiger partial charge in [-0.1, -0.05) is 27.2 Å². The summed E-state index contributed by atoms with van der Waals surface area (Å²) >= 11 is 0. The van der Waals surface area contributed by atoms with Crippen molar-refractivity contribution in [2.24, 2.45) is 17.6 Å². The predicted molar refractivity (Wildman–Crippen MR) is 67.0 cm³/mol. The fraction of sp³-hybridized carbons (Fsp3) is 0.923. The van der Waals surface area contributed by atoms with Crippen LogP contribution in [0.25, 0.3) is 0 Å². The van der Waals surface area contributed by atoms with Crippen LogP contribution < -0.4 is 11.1 Å². The molecule has 0 aromatic carbocycles. The molecule has 0 saturated heterocycles. The van der Waals surface area contributed by atoms with Crippen molar-refractivity contribution in [1.29, 1.82) is 0 Å². The minimum atomic E-state index is 0.0225. The molecule has 3 N–H and O–H groups in total. The lowest BCUT2D eigenvalue weighted by Gasteiger charge is -2.34. The maximum atomic E-state index is 12.2. The Balaban J connectivity index is 2.56. The summed E-state index contributed by atoms with van der Waals surface area (Å²) < 4.78 is 0. The molecule has 3 nitrogen and oxygen atoms in total. The summed E-state index contributed by atoms with van der Waals surface area (Å²) in [5, 5.41) is 3.13. The molecular formula is C13H26N2O. The van der Waals surface area contributed by atoms with Crippen LogP contribution in [0.2, 0.25) is 0 Å². The van der Waals surface area contributed by atoms with Crippen LogP contribution in [-0.4, -0.2) is 18.0 Å². The first-order chi connectivity index (χ1) is 7.60. The van der Waals surface area contributed by atoms with Crippen LogP contribution in [-0.2, 0) is 4.79 Å². The lowest BCUT2D eigenvalue weighted by molar-refractivity contribution is -0.128. The van der Waals surface area contributed by atoms with Gasteiger partial charge in [0.25, 0.3) is 0 Å². The Morgan fingerprint density at radius 1 is 1.38 bits per heavy atom. The highest BCUT2D eigenvalue weighted by molar-refractivity contribution is 5.80. The number of nitrogens with two attached hydrogens (primary N) is 1. The van der Waals surface area contributed by atoms with Crippen molar-refractivity contribution in [2.45, 2.75) is 65.0 Å². The van der Waals surface area contributed by atoms with E-state index in [1.54, 1.807) is 0 Å². The van der Waals surface area contributed by atoms with E-state index in [1.165, 1.54) is 0 Å². The zero-order valence-corrected chi connectivity index (χ0v) is 10.8. The van der Waals surface area contributed by atoms with Crippen molar-refractivity contribution in [3.8, 4) is 0 Å². The fourth-order valence-electron chi connectivity index (χ4n) is 2.70. The molecule has 1 amide bonds. The first-order valence-corrected chi connectivity index (χ1v) is 6.66. The fourth-order valence-corrected chi connectivity index (χ4v) is 2.70. The third-order valence-electron chi connectivity index (χ3n) is 3.91. The second kappa shape index (κ2) is 6.24. The number of rotatable bonds is 4. The first kappa shape index (κ1) is 13.5. The Bertz CT molecular complexity index is 216. The zero-order chi connectivity index (χ0) is 12.1. The molecule has 1 saturated carbocycles. The summed E-state index contributed by atoms with van der Waals surface area (Å²) in [6.07, 6.45) is 5.29. The molecule has 0 bridgehead atoms. The average molecular weight is 226 g/mol. The van der Waals surface area contributed by atoms with E-state index in [4.69, 9.17) is 5.73 Å². The normalized spacial score (nSPS) is 30.4. The van der Waals surface area contributed by atoms with Crippen molar-refractivity contribution >= 4 is 5.91 Å². The molecule has 3 unspecified atom stereocenters. The van der Waals surface area contributed by atoms with Crippen molar-refractivity contribution in [1.82, 2.24) is 5.32 Å². The van der Waals surface area contributed by atoms with Crippen molar-refractivity contribution < 1.29 is 4.79 Å². The summed E-state index contributed by atoms with van der Waals surface area (Å²) in [6.45, 7) is 6.37. The molecule has 0 radical (unpaired) electrons. The smallest absolute Gasteiger partial charge is 0.225 e. The molecule has 3 heteroatoms. The van der Waals surface area contributed by atoms with E-state index in [2.05, 4.69) is 26.1 Å². The number of amides is 1. The molecule has 1 fully saturated rings. The molecule has 0 aliphatic heterocycles. The summed E-state index contributed by atoms with van der Waals surface area (Å²) in [4.78, 5) is 12.2. The Hall–Kier alpha value is -0.570. The number of carbonyl (C=O) groups excluding carboxylic acids is 1. The van der Waals surface area contributed by atoms with Gasteiger partial charge in [-0.3, -0.25) is 4.79 Å². The number of carbonyl (C=O) groups is 1. The molecule has 0 aromatic rings. The molecule has 1 rings (SSSR count). The van der Waals surface area contributed by atoms with Gasteiger partial charge in [0.2, 0.25) is 5.91 Å². The molecular weight excluding hydrogens is 200 g/mol. The maximum Gasteiger partial charge on any atom is 0.225 e. The van der Waals surface area contributed by atoms with Gasteiger partial charge in [0, 0.05) is 12.1 Å². The molecule has 1 aliphatic carbocycles. The highest BCUT2D eigenvalue weighted by Crippen LogP contribution is 2.29. The van der Waals surface area contributed by atoms with Gasteiger partial charge >= 0.3 is 0 Å². The van der Waals surface area contributed by atoms with Gasteiger partial charge in [-0.05, 0) is 31.6 Å². The van der Waals surface area contributed by atoms with Gasteiger partial charge < -0.3 is 11.1 Å². The minimum Gasteiger partial charge on any atom is -0.353 e. The van der Waals surface area contributed by atoms with Crippen LogP contribution >= 0.6 is 0 Å². The van der Waals surface area contributed by atoms with E-state index in [0.29, 0.717) is 12.0 Å². The number of hydrogen-bond donors (Lipinski definition) is 2. The van der Waals surface area contributed by atoms with E-state index < -0.39 is 0 Å². The van der Waals surface area contributed by atoms with E-state index in [9.17, 15) is 4.79 Å². The molecule has 0 spiro atoms. The Morgan fingerprint density at radius 3 is 2.50 bits per heavy atom. The van der Waals surface area contributed by atoms with Gasteiger partial charge in [0.05, 0.1) is 5.92 Å². The molecule has 94 valence electrons. The molecule has 0 aromatic heterocycles. The SMILES string of the molecule is CCC(CC)NC(=O)C1C(C)CCCC1N. The average Bonchev–Trinajstić information content (AvgIpc) is 2.25. The van der Waals surface area contributed by atoms with Crippen molar-refractivity contribution in [3.63, 3.8) is 0 Å². The second-order valence-corrected chi connectivity index (χ2v) is 5.12. The molecule has 0 heterocycles. The van der Waals surface area contributed by atoms with E-state index >= 15 is 0 Å². The van der Waals surface area contributed by atoms with E-state index in [1.807, 2.05) is 0 Å². The van der Waals surface area contributed by atoms with Crippen molar-refractivity contribution in [3.05, 3.63) is 0 Å². The highest BCUT2D eigenvalue weighted by atomic mass is 16.2. The topological polar surface area (TPSA) is 55.1 Å². The van der Waals surface area contributed by atoms with Gasteiger partial charge in [-0.15, -0.1) is 0 Å². The van der Waals surface area contributed by atoms with Crippen LogP contribution in [0.4, 0.5) is 0 Å². The van der Waals surface area contributed by atoms with Gasteiger partial charge in [0.15, 0.2) is 0 Å². The summed E-state index contributed by atoms with van der Waals surface area (Å²) in [5.41, 5.74) is 6.07. The zero-order valence-electron chi connectivity index (χ0n) is 10.8. The third-order valence-corrected chi connectivity index (χ3v) is 3.91. The van der Waals surface area contributed by atoms with Crippen LogP contribution in [0.3, 0.4) is 0 Å². The lowest BCUT2D eigenvalue weighted by atomic mass is 9.76. The Morgan fingerprint density at radius 2 is 2.00 bits per heavy atom. The number of hydrogen-bond acceptors (Lipinski definition) is 2. The number of nitrogens with one attached hydrogen (secondary N) is 1. The minimum absolute atomic E-state index is 0.0225. The summed E-state index contributed by atoms with van der Waals surface area (Å²) in [7, 11) is 0. The van der Waals surface area contributed by atoms with Gasteiger partial charge in [-0.2, -0.15) is 0 Å². The monoisotopic (exact) mass is 226 g/mol. The lowest BCUT2D eigenvalue weighted by Crippen LogP contribution is -2.49. The Labute approximate surface area is 99.2 Å².